The third-order valence-corrected chi connectivity index (χ3v) is 9.39. The standard InChI is InChI=1S/C28H31ClN4O6S/c1-2-38-28(35)39-27-19-32(40(36,37)25-6-4-21-15-23(29)5-3-22(21)16-25)18-26(34)33(27)17-20-9-13-31(14-10-20)24-7-11-30-12-8-24/h3-8,11-12,15-16,20,27H,2,9-10,13-14,17-19H2,1H3/t27-/m1/s1. The first-order valence-electron chi connectivity index (χ1n) is 13.2. The Hall–Kier alpha value is -3.41. The molecule has 212 valence electrons. The van der Waals surface area contributed by atoms with Crippen LogP contribution in [0.5, 0.6) is 0 Å². The number of piperazine rings is 1. The molecule has 40 heavy (non-hydrogen) atoms. The number of halogens is 1. The Morgan fingerprint density at radius 3 is 2.48 bits per heavy atom. The predicted molar refractivity (Wildman–Crippen MR) is 150 cm³/mol. The van der Waals surface area contributed by atoms with Crippen molar-refractivity contribution < 1.29 is 27.5 Å². The smallest absolute Gasteiger partial charge is 0.435 e. The highest BCUT2D eigenvalue weighted by atomic mass is 35.5. The number of fused-ring (bicyclic) bond motifs is 1. The zero-order valence-electron chi connectivity index (χ0n) is 22.1. The monoisotopic (exact) mass is 586 g/mol. The number of nitrogens with zero attached hydrogens (tertiary/aromatic N) is 4. The van der Waals surface area contributed by atoms with Crippen LogP contribution in [-0.2, 0) is 24.3 Å². The second-order valence-corrected chi connectivity index (χ2v) is 12.3. The molecule has 0 spiro atoms. The number of hydrogen-bond acceptors (Lipinski definition) is 8. The van der Waals surface area contributed by atoms with E-state index in [1.54, 1.807) is 49.6 Å². The molecule has 1 atom stereocenters. The van der Waals surface area contributed by atoms with Gasteiger partial charge in [-0.2, -0.15) is 4.31 Å². The lowest BCUT2D eigenvalue weighted by molar-refractivity contribution is -0.152. The van der Waals surface area contributed by atoms with E-state index in [1.807, 2.05) is 12.1 Å². The van der Waals surface area contributed by atoms with Crippen LogP contribution in [0.1, 0.15) is 19.8 Å². The summed E-state index contributed by atoms with van der Waals surface area (Å²) in [6.07, 6.45) is 3.15. The van der Waals surface area contributed by atoms with Crippen LogP contribution in [0.2, 0.25) is 5.02 Å². The fraction of sp³-hybridized carbons (Fsp3) is 0.393. The lowest BCUT2D eigenvalue weighted by atomic mass is 9.95. The van der Waals surface area contributed by atoms with Gasteiger partial charge in [-0.05, 0) is 72.9 Å². The number of sulfonamides is 1. The van der Waals surface area contributed by atoms with Crippen molar-refractivity contribution in [2.45, 2.75) is 30.9 Å². The highest BCUT2D eigenvalue weighted by Crippen LogP contribution is 2.29. The normalized spacial score (nSPS) is 19.1. The molecule has 3 heterocycles. The summed E-state index contributed by atoms with van der Waals surface area (Å²) in [6.45, 7) is 3.18. The number of rotatable bonds is 7. The average molecular weight is 587 g/mol. The van der Waals surface area contributed by atoms with Crippen LogP contribution < -0.4 is 4.90 Å². The van der Waals surface area contributed by atoms with Gasteiger partial charge in [-0.1, -0.05) is 23.7 Å². The van der Waals surface area contributed by atoms with Gasteiger partial charge in [-0.15, -0.1) is 0 Å². The highest BCUT2D eigenvalue weighted by Gasteiger charge is 2.42. The molecular formula is C28H31ClN4O6S. The minimum absolute atomic E-state index is 0.0435. The Morgan fingerprint density at radius 1 is 1.05 bits per heavy atom. The molecule has 5 rings (SSSR count). The number of ether oxygens (including phenoxy) is 2. The quantitative estimate of drug-likeness (QED) is 0.380. The molecule has 0 saturated carbocycles. The summed E-state index contributed by atoms with van der Waals surface area (Å²) >= 11 is 6.06. The number of aromatic nitrogens is 1. The summed E-state index contributed by atoms with van der Waals surface area (Å²) in [5.41, 5.74) is 1.10. The molecular weight excluding hydrogens is 556 g/mol. The van der Waals surface area contributed by atoms with E-state index in [1.165, 1.54) is 11.0 Å². The van der Waals surface area contributed by atoms with E-state index in [-0.39, 0.29) is 30.5 Å². The molecule has 2 aromatic carbocycles. The van der Waals surface area contributed by atoms with Crippen molar-refractivity contribution in [2.75, 3.05) is 44.2 Å². The Bertz CT molecular complexity index is 1480. The largest absolute Gasteiger partial charge is 0.510 e. The molecule has 1 amide bonds. The lowest BCUT2D eigenvalue weighted by Gasteiger charge is -2.42. The fourth-order valence-electron chi connectivity index (χ4n) is 5.22. The zero-order valence-corrected chi connectivity index (χ0v) is 23.7. The van der Waals surface area contributed by atoms with E-state index in [0.29, 0.717) is 17.0 Å². The first kappa shape index (κ1) is 28.1. The van der Waals surface area contributed by atoms with Gasteiger partial charge in [0.1, 0.15) is 0 Å². The molecule has 0 N–H and O–H groups in total. The molecule has 2 fully saturated rings. The van der Waals surface area contributed by atoms with Crippen LogP contribution in [0.25, 0.3) is 10.8 Å². The topological polar surface area (TPSA) is 109 Å². The van der Waals surface area contributed by atoms with Crippen LogP contribution >= 0.6 is 11.6 Å². The molecule has 0 bridgehead atoms. The summed E-state index contributed by atoms with van der Waals surface area (Å²) in [7, 11) is -4.06. The average Bonchev–Trinajstić information content (AvgIpc) is 2.95. The third-order valence-electron chi connectivity index (χ3n) is 7.34. The maximum atomic E-state index is 13.6. The predicted octanol–water partition coefficient (Wildman–Crippen LogP) is 4.14. The van der Waals surface area contributed by atoms with Gasteiger partial charge in [0, 0.05) is 42.7 Å². The molecule has 1 aromatic heterocycles. The van der Waals surface area contributed by atoms with Crippen LogP contribution in [0.15, 0.2) is 65.8 Å². The van der Waals surface area contributed by atoms with Crippen LogP contribution in [0, 0.1) is 5.92 Å². The Balaban J connectivity index is 1.32. The second-order valence-electron chi connectivity index (χ2n) is 9.89. The van der Waals surface area contributed by atoms with Gasteiger partial charge in [-0.25, -0.2) is 13.2 Å². The van der Waals surface area contributed by atoms with Crippen molar-refractivity contribution in [1.29, 1.82) is 0 Å². The zero-order chi connectivity index (χ0) is 28.3. The summed E-state index contributed by atoms with van der Waals surface area (Å²) in [5.74, 6) is -0.251. The third kappa shape index (κ3) is 6.16. The Labute approximate surface area is 238 Å². The van der Waals surface area contributed by atoms with E-state index in [4.69, 9.17) is 21.1 Å². The molecule has 2 aliphatic heterocycles. The van der Waals surface area contributed by atoms with Gasteiger partial charge in [0.15, 0.2) is 6.23 Å². The van der Waals surface area contributed by atoms with Gasteiger partial charge in [0.05, 0.1) is 24.6 Å². The molecule has 0 aliphatic carbocycles. The van der Waals surface area contributed by atoms with Crippen molar-refractivity contribution >= 4 is 50.1 Å². The van der Waals surface area contributed by atoms with Crippen LogP contribution in [-0.4, -0.2) is 80.2 Å². The minimum atomic E-state index is -4.06. The van der Waals surface area contributed by atoms with Crippen LogP contribution in [0.4, 0.5) is 10.5 Å². The van der Waals surface area contributed by atoms with Gasteiger partial charge in [0.2, 0.25) is 15.9 Å². The number of piperidine rings is 1. The lowest BCUT2D eigenvalue weighted by Crippen LogP contribution is -2.60. The molecule has 10 nitrogen and oxygen atoms in total. The number of carbonyl (C=O) groups is 2. The van der Waals surface area contributed by atoms with Crippen molar-refractivity contribution in [1.82, 2.24) is 14.2 Å². The number of carbonyl (C=O) groups excluding carboxylic acids is 2. The maximum Gasteiger partial charge on any atom is 0.510 e. The Morgan fingerprint density at radius 2 is 1.75 bits per heavy atom. The number of amides is 1. The van der Waals surface area contributed by atoms with Gasteiger partial charge in [0.25, 0.3) is 0 Å². The van der Waals surface area contributed by atoms with Gasteiger partial charge < -0.3 is 19.3 Å². The highest BCUT2D eigenvalue weighted by molar-refractivity contribution is 7.89. The number of hydrogen-bond donors (Lipinski definition) is 0. The van der Waals surface area contributed by atoms with Gasteiger partial charge in [-0.3, -0.25) is 9.78 Å². The van der Waals surface area contributed by atoms with Crippen molar-refractivity contribution in [2.24, 2.45) is 5.92 Å². The molecule has 2 saturated heterocycles. The molecule has 12 heteroatoms. The number of anilines is 1. The summed E-state index contributed by atoms with van der Waals surface area (Å²) in [5, 5.41) is 2.05. The van der Waals surface area contributed by atoms with Crippen molar-refractivity contribution in [3.05, 3.63) is 65.9 Å². The van der Waals surface area contributed by atoms with E-state index in [9.17, 15) is 18.0 Å². The first-order chi connectivity index (χ1) is 19.2. The van der Waals surface area contributed by atoms with E-state index in [0.717, 1.165) is 41.3 Å². The molecule has 3 aromatic rings. The van der Waals surface area contributed by atoms with Crippen LogP contribution in [0.3, 0.4) is 0 Å². The number of benzene rings is 2. The second kappa shape index (κ2) is 12.0. The SMILES string of the molecule is CCOC(=O)O[C@@H]1CN(S(=O)(=O)c2ccc3cc(Cl)ccc3c2)CC(=O)N1CC1CCN(c2ccncc2)CC1. The summed E-state index contributed by atoms with van der Waals surface area (Å²) < 4.78 is 38.8. The van der Waals surface area contributed by atoms with Gasteiger partial charge >= 0.3 is 6.16 Å². The van der Waals surface area contributed by atoms with E-state index < -0.39 is 28.3 Å². The molecule has 0 unspecified atom stereocenters. The maximum absolute atomic E-state index is 13.6. The molecule has 0 radical (unpaired) electrons. The van der Waals surface area contributed by atoms with E-state index >= 15 is 0 Å². The number of pyridine rings is 1. The van der Waals surface area contributed by atoms with Crippen molar-refractivity contribution in [3.8, 4) is 0 Å². The van der Waals surface area contributed by atoms with Crippen molar-refractivity contribution in [3.63, 3.8) is 0 Å². The Kier molecular flexibility index (Phi) is 8.43. The minimum Gasteiger partial charge on any atom is -0.435 e. The summed E-state index contributed by atoms with van der Waals surface area (Å²) in [6, 6.07) is 13.8. The molecule has 2 aliphatic rings. The fourth-order valence-corrected chi connectivity index (χ4v) is 6.82. The first-order valence-corrected chi connectivity index (χ1v) is 15.0. The summed E-state index contributed by atoms with van der Waals surface area (Å²) in [4.78, 5) is 33.6. The van der Waals surface area contributed by atoms with E-state index in [2.05, 4.69) is 9.88 Å².